The van der Waals surface area contributed by atoms with Crippen LogP contribution >= 0.6 is 43.1 Å². The molecule has 9 heterocycles. The van der Waals surface area contributed by atoms with E-state index in [4.69, 9.17) is 64.3 Å². The molecule has 15 rings (SSSR count). The molecule has 0 aliphatic carbocycles. The predicted octanol–water partition coefficient (Wildman–Crippen LogP) is 11.2. The van der Waals surface area contributed by atoms with Crippen molar-refractivity contribution in [3.05, 3.63) is 167 Å². The lowest BCUT2D eigenvalue weighted by atomic mass is 9.88. The first kappa shape index (κ1) is 51.0. The number of urea groups is 2. The number of hydrogen-bond donors (Lipinski definition) is 2. The van der Waals surface area contributed by atoms with Gasteiger partial charge in [-0.1, -0.05) is 106 Å². The second-order valence-electron chi connectivity index (χ2n) is 19.3. The minimum atomic E-state index is -1.66. The van der Waals surface area contributed by atoms with Crippen molar-refractivity contribution in [2.45, 2.75) is 37.0 Å². The van der Waals surface area contributed by atoms with Gasteiger partial charge in [-0.2, -0.15) is 0 Å². The number of benzene rings is 6. The van der Waals surface area contributed by atoms with Crippen LogP contribution in [-0.2, 0) is 41.2 Å². The lowest BCUT2D eigenvalue weighted by molar-refractivity contribution is -0.127. The highest BCUT2D eigenvalue weighted by Crippen LogP contribution is 3.04. The van der Waals surface area contributed by atoms with Crippen LogP contribution in [0.2, 0.25) is 0 Å². The van der Waals surface area contributed by atoms with Crippen molar-refractivity contribution < 1.29 is 42.8 Å². The van der Waals surface area contributed by atoms with E-state index in [1.54, 1.807) is 38.1 Å². The van der Waals surface area contributed by atoms with Gasteiger partial charge in [0, 0.05) is 70.7 Å². The fourth-order valence-electron chi connectivity index (χ4n) is 11.3. The van der Waals surface area contributed by atoms with Gasteiger partial charge in [-0.3, -0.25) is 19.5 Å². The Morgan fingerprint density at radius 3 is 1.45 bits per heavy atom. The quantitative estimate of drug-likeness (QED) is 0.0923. The van der Waals surface area contributed by atoms with Crippen molar-refractivity contribution in [2.24, 2.45) is 0 Å². The van der Waals surface area contributed by atoms with E-state index in [1.165, 1.54) is 26.5 Å². The normalized spacial score (nSPS) is 23.9. The molecule has 4 atom stereocenters. The van der Waals surface area contributed by atoms with Gasteiger partial charge in [0.25, 0.3) is 5.91 Å². The number of amides is 5. The largest absolute Gasteiger partial charge is 0.497 e. The number of methoxy groups -OCH3 is 2. The number of ether oxygens (including phenoxy) is 6. The highest BCUT2D eigenvalue weighted by Gasteiger charge is 2.52. The molecule has 0 bridgehead atoms. The molecule has 2 N–H and O–H groups in total. The van der Waals surface area contributed by atoms with Gasteiger partial charge >= 0.3 is 12.1 Å². The summed E-state index contributed by atoms with van der Waals surface area (Å²) in [4.78, 5) is 53.0. The van der Waals surface area contributed by atoms with E-state index in [-0.39, 0.29) is 43.6 Å². The maximum atomic E-state index is 13.1. The molecule has 7 aliphatic rings. The zero-order chi connectivity index (χ0) is 53.8. The summed E-state index contributed by atoms with van der Waals surface area (Å²) in [5, 5.41) is 4.71. The standard InChI is InChI=1S/C21H17N3O4.C21H17N3O3S.C14H14O2P2S4/c1-23-20(25)15-9-13-12-4-2-3-5-14(12)22-18(13)19(24(15)21(23)26)11-6-7-16-17(8-11)28-10-27-16;1-23-20(28)15-9-13-12-4-2-3-5-14(12)22-18(13)19(24(15)21(23)25)11-6-7-16-17(8-11)27-10-26-16;1-15-11-3-7-13(8-4-11)17(19)21-18(20,22-17)14-9-5-12(16-2)6-10-14/h2*2-8,15,19,22H,9-10H2,1H3;3-10H,1-2H3/t15-,19-;15-,19+;/m10./s1. The lowest BCUT2D eigenvalue weighted by Crippen LogP contribution is -2.44. The Kier molecular flexibility index (Phi) is 12.9. The number of nitrogens with one attached hydrogen (secondary N) is 2. The fourth-order valence-corrected chi connectivity index (χ4v) is 53.8. The van der Waals surface area contributed by atoms with Gasteiger partial charge in [0.2, 0.25) is 13.6 Å². The average Bonchev–Trinajstić information content (AvgIpc) is 4.38. The van der Waals surface area contributed by atoms with Crippen LogP contribution in [0.3, 0.4) is 0 Å². The molecule has 15 nitrogen and oxygen atoms in total. The summed E-state index contributed by atoms with van der Waals surface area (Å²) in [6.45, 7) is 0.409. The van der Waals surface area contributed by atoms with E-state index in [0.717, 1.165) is 68.2 Å². The summed E-state index contributed by atoms with van der Waals surface area (Å²) >= 11 is 21.1. The van der Waals surface area contributed by atoms with Gasteiger partial charge in [-0.15, -0.1) is 0 Å². The van der Waals surface area contributed by atoms with E-state index in [9.17, 15) is 14.4 Å². The summed E-state index contributed by atoms with van der Waals surface area (Å²) in [5.41, 5.74) is 8.27. The minimum absolute atomic E-state index is 0.0676. The molecule has 5 amide bonds. The minimum Gasteiger partial charge on any atom is -0.497 e. The van der Waals surface area contributed by atoms with Crippen molar-refractivity contribution in [3.63, 3.8) is 0 Å². The van der Waals surface area contributed by atoms with Crippen molar-refractivity contribution in [3.8, 4) is 34.5 Å². The van der Waals surface area contributed by atoms with Gasteiger partial charge < -0.3 is 43.3 Å². The Morgan fingerprint density at radius 2 is 0.974 bits per heavy atom. The number of aromatic nitrogens is 2. The molecule has 0 spiro atoms. The Hall–Kier alpha value is -6.50. The maximum absolute atomic E-state index is 13.1. The summed E-state index contributed by atoms with van der Waals surface area (Å²) in [7, 11) is 6.65. The van der Waals surface area contributed by atoms with Crippen LogP contribution in [0.15, 0.2) is 133 Å². The van der Waals surface area contributed by atoms with Crippen molar-refractivity contribution >= 4 is 122 Å². The lowest BCUT2D eigenvalue weighted by Gasteiger charge is -2.40. The van der Waals surface area contributed by atoms with Gasteiger partial charge in [-0.25, -0.2) is 9.59 Å². The van der Waals surface area contributed by atoms with Crippen LogP contribution in [0.25, 0.3) is 21.8 Å². The van der Waals surface area contributed by atoms with Crippen LogP contribution < -0.4 is 39.0 Å². The molecule has 0 saturated carbocycles. The SMILES string of the molecule is CN1C(=O)N2[C@H](c3ccc4c(c3)OCO4)c3[nH]c4ccccc4c3C[C@H]2C1=S.CN1C(=O)[C@H]2Cc3c([nH]c4ccccc34)[C@@H](c3ccc4c(c3)OCO4)N2C1=O.COc1ccc(P2(=S)SP(=S)(c3ccc(OC)cc3)S2)cc1. The molecule has 0 radical (unpaired) electrons. The Labute approximate surface area is 471 Å². The number of H-pyrrole nitrogens is 2. The number of hydrogen-bond acceptors (Lipinski definition) is 14. The van der Waals surface area contributed by atoms with Crippen LogP contribution in [0.5, 0.6) is 34.5 Å². The number of likely N-dealkylation sites (N-methyl/N-ethyl adjacent to an activating group) is 2. The molecule has 0 unspecified atom stereocenters. The predicted molar refractivity (Wildman–Crippen MR) is 317 cm³/mol. The zero-order valence-corrected chi connectivity index (χ0v) is 48.1. The van der Waals surface area contributed by atoms with E-state index in [2.05, 4.69) is 52.4 Å². The molecular weight excluding hydrogens is 1120 g/mol. The fraction of sp³-hybridized carbons (Fsp3) is 0.214. The van der Waals surface area contributed by atoms with Crippen molar-refractivity contribution in [2.75, 3.05) is 41.9 Å². The number of imide groups is 1. The number of thiocarbonyl (C=S) groups is 1. The third-order valence-electron chi connectivity index (χ3n) is 15.1. The molecule has 396 valence electrons. The van der Waals surface area contributed by atoms with Crippen LogP contribution in [0.1, 0.15) is 45.7 Å². The van der Waals surface area contributed by atoms with Gasteiger partial charge in [0.1, 0.15) is 34.6 Å². The number of fused-ring (bicyclic) bond motifs is 10. The van der Waals surface area contributed by atoms with Gasteiger partial charge in [-0.05, 0) is 107 Å². The summed E-state index contributed by atoms with van der Waals surface area (Å²) in [6.07, 6.45) is 1.23. The molecular formula is C56H48N6O9P2S5. The van der Waals surface area contributed by atoms with Gasteiger partial charge in [0.15, 0.2) is 23.0 Å². The molecule has 7 aliphatic heterocycles. The van der Waals surface area contributed by atoms with E-state index in [0.29, 0.717) is 28.7 Å². The molecule has 78 heavy (non-hydrogen) atoms. The second-order valence-corrected chi connectivity index (χ2v) is 41.0. The average molecular weight is 1170 g/mol. The monoisotopic (exact) mass is 1170 g/mol. The van der Waals surface area contributed by atoms with Crippen LogP contribution in [-0.4, -0.2) is 107 Å². The highest BCUT2D eigenvalue weighted by atomic mass is 33.7. The molecule has 3 fully saturated rings. The molecule has 6 aromatic carbocycles. The molecule has 3 saturated heterocycles. The van der Waals surface area contributed by atoms with Crippen LogP contribution in [0.4, 0.5) is 9.59 Å². The number of para-hydroxylation sites is 2. The number of carbonyl (C=O) groups is 3. The van der Waals surface area contributed by atoms with Gasteiger partial charge in [0.05, 0.1) is 29.1 Å². The summed E-state index contributed by atoms with van der Waals surface area (Å²) in [6, 6.07) is 42.5. The third-order valence-corrected chi connectivity index (χ3v) is 46.9. The van der Waals surface area contributed by atoms with Crippen molar-refractivity contribution in [1.82, 2.24) is 29.6 Å². The Bertz CT molecular complexity index is 3650. The van der Waals surface area contributed by atoms with E-state index in [1.807, 2.05) is 118 Å². The summed E-state index contributed by atoms with van der Waals surface area (Å²) in [5.74, 6) is 4.34. The number of nitrogens with zero attached hydrogens (tertiary/aromatic N) is 4. The first-order valence-electron chi connectivity index (χ1n) is 24.9. The molecule has 22 heteroatoms. The highest BCUT2D eigenvalue weighted by molar-refractivity contribution is 9.48. The smallest absolute Gasteiger partial charge is 0.328 e. The molecule has 2 aromatic heterocycles. The second kappa shape index (κ2) is 19.7. The first-order valence-corrected chi connectivity index (χ1v) is 34.9. The number of carbonyl (C=O) groups excluding carboxylic acids is 3. The topological polar surface area (TPSA) is 151 Å². The Balaban J connectivity index is 0.000000112. The number of rotatable bonds is 6. The third kappa shape index (κ3) is 8.36. The van der Waals surface area contributed by atoms with E-state index < -0.39 is 21.0 Å². The zero-order valence-electron chi connectivity index (χ0n) is 42.2. The van der Waals surface area contributed by atoms with Crippen LogP contribution in [0, 0.1) is 0 Å². The van der Waals surface area contributed by atoms with E-state index >= 15 is 0 Å². The number of aromatic amines is 2. The van der Waals surface area contributed by atoms with Crippen molar-refractivity contribution in [1.29, 1.82) is 0 Å². The molecule has 8 aromatic rings. The summed E-state index contributed by atoms with van der Waals surface area (Å²) < 4.78 is 29.1. The Morgan fingerprint density at radius 1 is 0.551 bits per heavy atom. The first-order chi connectivity index (χ1) is 37.8. The maximum Gasteiger partial charge on any atom is 0.328 e.